The molecule has 152 valence electrons. The van der Waals surface area contributed by atoms with Crippen molar-refractivity contribution in [3.05, 3.63) is 59.7 Å². The number of hydrogen-bond donors (Lipinski definition) is 1. The maximum absolute atomic E-state index is 12.5. The first-order chi connectivity index (χ1) is 13.7. The third kappa shape index (κ3) is 4.52. The van der Waals surface area contributed by atoms with Crippen molar-refractivity contribution in [3.63, 3.8) is 0 Å². The number of hydrogen-bond acceptors (Lipinski definition) is 6. The Labute approximate surface area is 169 Å². The van der Waals surface area contributed by atoms with Crippen LogP contribution in [0.4, 0.5) is 6.01 Å². The number of aryl methyl sites for hydroxylation is 1. The number of anilines is 1. The fourth-order valence-electron chi connectivity index (χ4n) is 2.48. The highest BCUT2D eigenvalue weighted by Gasteiger charge is 2.23. The molecule has 0 saturated heterocycles. The molecule has 1 heterocycles. The summed E-state index contributed by atoms with van der Waals surface area (Å²) in [4.78, 5) is 12.5. The number of rotatable bonds is 6. The van der Waals surface area contributed by atoms with Gasteiger partial charge in [-0.3, -0.25) is 10.1 Å². The lowest BCUT2D eigenvalue weighted by Crippen LogP contribution is -2.33. The molecule has 0 atom stereocenters. The lowest BCUT2D eigenvalue weighted by Gasteiger charge is -2.20. The van der Waals surface area contributed by atoms with Crippen LogP contribution in [-0.4, -0.2) is 41.9 Å². The second-order valence-corrected chi connectivity index (χ2v) is 8.87. The Kier molecular flexibility index (Phi) is 5.81. The predicted octanol–water partition coefficient (Wildman–Crippen LogP) is 3.33. The molecule has 1 amide bonds. The molecule has 29 heavy (non-hydrogen) atoms. The molecule has 9 heteroatoms. The molecule has 0 radical (unpaired) electrons. The molecule has 2 aromatic carbocycles. The molecule has 3 rings (SSSR count). The van der Waals surface area contributed by atoms with Gasteiger partial charge in [0.1, 0.15) is 0 Å². The fourth-order valence-corrected chi connectivity index (χ4v) is 3.85. The second kappa shape index (κ2) is 8.14. The van der Waals surface area contributed by atoms with Crippen LogP contribution in [0.15, 0.2) is 57.8 Å². The SMILES string of the molecule is Cc1ccc(-c2nnc(NC(=O)c3ccc(S(=O)(=O)N(C)C(C)C)cc3)o2)cc1. The van der Waals surface area contributed by atoms with Crippen molar-refractivity contribution < 1.29 is 17.6 Å². The molecule has 3 aromatic rings. The van der Waals surface area contributed by atoms with E-state index in [-0.39, 0.29) is 22.5 Å². The third-order valence-corrected chi connectivity index (χ3v) is 6.51. The van der Waals surface area contributed by atoms with Crippen LogP contribution in [0.25, 0.3) is 11.5 Å². The maximum atomic E-state index is 12.5. The Hall–Kier alpha value is -3.04. The highest BCUT2D eigenvalue weighted by Crippen LogP contribution is 2.21. The van der Waals surface area contributed by atoms with Crippen molar-refractivity contribution >= 4 is 21.9 Å². The average Bonchev–Trinajstić information content (AvgIpc) is 3.16. The van der Waals surface area contributed by atoms with Crippen LogP contribution in [0.2, 0.25) is 0 Å². The van der Waals surface area contributed by atoms with Crippen LogP contribution < -0.4 is 5.32 Å². The topological polar surface area (TPSA) is 105 Å². The summed E-state index contributed by atoms with van der Waals surface area (Å²) in [6.07, 6.45) is 0. The van der Waals surface area contributed by atoms with Gasteiger partial charge in [-0.2, -0.15) is 4.31 Å². The Morgan fingerprint density at radius 2 is 1.66 bits per heavy atom. The average molecular weight is 414 g/mol. The first-order valence-corrected chi connectivity index (χ1v) is 10.4. The van der Waals surface area contributed by atoms with Gasteiger partial charge in [-0.15, -0.1) is 5.10 Å². The summed E-state index contributed by atoms with van der Waals surface area (Å²) >= 11 is 0. The molecule has 1 N–H and O–H groups in total. The van der Waals surface area contributed by atoms with E-state index in [0.29, 0.717) is 5.89 Å². The van der Waals surface area contributed by atoms with E-state index in [1.165, 1.54) is 35.6 Å². The van der Waals surface area contributed by atoms with Crippen LogP contribution in [-0.2, 0) is 10.0 Å². The van der Waals surface area contributed by atoms with E-state index in [0.717, 1.165) is 11.1 Å². The minimum absolute atomic E-state index is 0.0400. The largest absolute Gasteiger partial charge is 0.403 e. The summed E-state index contributed by atoms with van der Waals surface area (Å²) < 4.78 is 31.7. The number of aromatic nitrogens is 2. The van der Waals surface area contributed by atoms with Crippen molar-refractivity contribution in [1.29, 1.82) is 0 Å². The molecule has 0 aliphatic rings. The van der Waals surface area contributed by atoms with Crippen LogP contribution >= 0.6 is 0 Å². The Morgan fingerprint density at radius 3 is 2.24 bits per heavy atom. The Bertz CT molecular complexity index is 1100. The highest BCUT2D eigenvalue weighted by atomic mass is 32.2. The first kappa shape index (κ1) is 20.7. The minimum atomic E-state index is -3.61. The highest BCUT2D eigenvalue weighted by molar-refractivity contribution is 7.89. The lowest BCUT2D eigenvalue weighted by atomic mass is 10.1. The Morgan fingerprint density at radius 1 is 1.03 bits per heavy atom. The number of carbonyl (C=O) groups excluding carboxylic acids is 1. The van der Waals surface area contributed by atoms with Gasteiger partial charge in [-0.1, -0.05) is 22.8 Å². The molecule has 1 aromatic heterocycles. The number of nitrogens with one attached hydrogen (secondary N) is 1. The molecule has 0 bridgehead atoms. The fraction of sp³-hybridized carbons (Fsp3) is 0.250. The van der Waals surface area contributed by atoms with E-state index in [4.69, 9.17) is 4.42 Å². The molecular formula is C20H22N4O4S. The van der Waals surface area contributed by atoms with E-state index in [9.17, 15) is 13.2 Å². The zero-order valence-electron chi connectivity index (χ0n) is 16.6. The van der Waals surface area contributed by atoms with Crippen molar-refractivity contribution in [2.75, 3.05) is 12.4 Å². The van der Waals surface area contributed by atoms with Gasteiger partial charge in [0, 0.05) is 24.2 Å². The molecular weight excluding hydrogens is 392 g/mol. The number of nitrogens with zero attached hydrogens (tertiary/aromatic N) is 3. The van der Waals surface area contributed by atoms with E-state index < -0.39 is 15.9 Å². The van der Waals surface area contributed by atoms with Gasteiger partial charge in [-0.25, -0.2) is 8.42 Å². The normalized spacial score (nSPS) is 11.8. The molecule has 0 unspecified atom stereocenters. The lowest BCUT2D eigenvalue weighted by molar-refractivity contribution is 0.102. The van der Waals surface area contributed by atoms with Gasteiger partial charge in [0.05, 0.1) is 4.90 Å². The van der Waals surface area contributed by atoms with Gasteiger partial charge in [0.25, 0.3) is 5.91 Å². The van der Waals surface area contributed by atoms with Crippen LogP contribution in [0.3, 0.4) is 0 Å². The molecule has 0 aliphatic heterocycles. The van der Waals surface area contributed by atoms with Crippen molar-refractivity contribution in [2.45, 2.75) is 31.7 Å². The van der Waals surface area contributed by atoms with E-state index in [1.54, 1.807) is 13.8 Å². The summed E-state index contributed by atoms with van der Waals surface area (Å²) in [5.74, 6) is -0.191. The summed E-state index contributed by atoms with van der Waals surface area (Å²) in [6.45, 7) is 5.55. The monoisotopic (exact) mass is 414 g/mol. The quantitative estimate of drug-likeness (QED) is 0.663. The van der Waals surface area contributed by atoms with E-state index in [1.807, 2.05) is 31.2 Å². The molecule has 8 nitrogen and oxygen atoms in total. The molecule has 0 fully saturated rings. The minimum Gasteiger partial charge on any atom is -0.403 e. The van der Waals surface area contributed by atoms with Crippen LogP contribution in [0.5, 0.6) is 0 Å². The summed E-state index contributed by atoms with van der Waals surface area (Å²) in [5, 5.41) is 10.3. The van der Waals surface area contributed by atoms with Gasteiger partial charge in [0.2, 0.25) is 15.9 Å². The summed E-state index contributed by atoms with van der Waals surface area (Å²) in [7, 11) is -2.09. The van der Waals surface area contributed by atoms with Crippen molar-refractivity contribution in [3.8, 4) is 11.5 Å². The first-order valence-electron chi connectivity index (χ1n) is 8.98. The van der Waals surface area contributed by atoms with Gasteiger partial charge in [-0.05, 0) is 57.2 Å². The van der Waals surface area contributed by atoms with Crippen LogP contribution in [0, 0.1) is 6.92 Å². The van der Waals surface area contributed by atoms with Crippen LogP contribution in [0.1, 0.15) is 29.8 Å². The zero-order chi connectivity index (χ0) is 21.2. The van der Waals surface area contributed by atoms with Crippen molar-refractivity contribution in [1.82, 2.24) is 14.5 Å². The molecule has 0 spiro atoms. The second-order valence-electron chi connectivity index (χ2n) is 6.87. The van der Waals surface area contributed by atoms with E-state index >= 15 is 0 Å². The maximum Gasteiger partial charge on any atom is 0.322 e. The van der Waals surface area contributed by atoms with Gasteiger partial charge in [0.15, 0.2) is 0 Å². The summed E-state index contributed by atoms with van der Waals surface area (Å²) in [5.41, 5.74) is 2.12. The third-order valence-electron chi connectivity index (χ3n) is 4.46. The predicted molar refractivity (Wildman–Crippen MR) is 109 cm³/mol. The number of carbonyl (C=O) groups is 1. The Balaban J connectivity index is 1.73. The zero-order valence-corrected chi connectivity index (χ0v) is 17.4. The number of amides is 1. The van der Waals surface area contributed by atoms with Gasteiger partial charge < -0.3 is 4.42 Å². The molecule has 0 aliphatic carbocycles. The summed E-state index contributed by atoms with van der Waals surface area (Å²) in [6, 6.07) is 13.0. The van der Waals surface area contributed by atoms with Crippen molar-refractivity contribution in [2.24, 2.45) is 0 Å². The smallest absolute Gasteiger partial charge is 0.322 e. The number of benzene rings is 2. The molecule has 0 saturated carbocycles. The van der Waals surface area contributed by atoms with Gasteiger partial charge >= 0.3 is 6.01 Å². The standard InChI is InChI=1S/C20H22N4O4S/c1-13(2)24(4)29(26,27)17-11-9-15(10-12-17)18(25)21-20-23-22-19(28-20)16-7-5-14(3)6-8-16/h5-13H,1-4H3,(H,21,23,25). The number of sulfonamides is 1. The van der Waals surface area contributed by atoms with E-state index in [2.05, 4.69) is 15.5 Å².